The topological polar surface area (TPSA) is 97.0 Å². The lowest BCUT2D eigenvalue weighted by molar-refractivity contribution is -0.137. The average Bonchev–Trinajstić information content (AvgIpc) is 3.11. The Morgan fingerprint density at radius 3 is 2.15 bits per heavy atom. The molecule has 202 valence electrons. The summed E-state index contributed by atoms with van der Waals surface area (Å²) in [5, 5.41) is 4.30. The lowest BCUT2D eigenvalue weighted by atomic mass is 10.1. The summed E-state index contributed by atoms with van der Waals surface area (Å²) in [5.74, 6) is -1.53. The van der Waals surface area contributed by atoms with Crippen molar-refractivity contribution >= 4 is 58.0 Å². The summed E-state index contributed by atoms with van der Waals surface area (Å²) in [5.41, 5.74) is -0.787. The lowest BCUT2D eigenvalue weighted by Crippen LogP contribution is -2.32. The number of rotatable bonds is 7. The molecular weight excluding hydrogens is 562 g/mol. The van der Waals surface area contributed by atoms with Gasteiger partial charge in [0.15, 0.2) is 0 Å². The van der Waals surface area contributed by atoms with Gasteiger partial charge >= 0.3 is 6.18 Å². The zero-order valence-electron chi connectivity index (χ0n) is 20.2. The van der Waals surface area contributed by atoms with Crippen molar-refractivity contribution in [1.82, 2.24) is 0 Å². The molecule has 1 aliphatic rings. The monoisotopic (exact) mass is 579 g/mol. The van der Waals surface area contributed by atoms with E-state index in [4.69, 9.17) is 32.7 Å². The minimum Gasteiger partial charge on any atom is -0.497 e. The Bertz CT molecular complexity index is 1510. The second kappa shape index (κ2) is 10.9. The number of hydrogen-bond donors (Lipinski definition) is 2. The highest BCUT2D eigenvalue weighted by molar-refractivity contribution is 6.53. The van der Waals surface area contributed by atoms with Crippen molar-refractivity contribution in [3.05, 3.63) is 87.5 Å². The van der Waals surface area contributed by atoms with Gasteiger partial charge in [0.2, 0.25) is 0 Å². The summed E-state index contributed by atoms with van der Waals surface area (Å²) >= 11 is 11.8. The second-order valence-electron chi connectivity index (χ2n) is 8.02. The van der Waals surface area contributed by atoms with Crippen LogP contribution in [-0.2, 0) is 15.8 Å². The van der Waals surface area contributed by atoms with E-state index in [2.05, 4.69) is 10.6 Å². The third-order valence-electron chi connectivity index (χ3n) is 5.60. The van der Waals surface area contributed by atoms with Gasteiger partial charge in [-0.05, 0) is 54.6 Å². The molecule has 0 radical (unpaired) electrons. The highest BCUT2D eigenvalue weighted by atomic mass is 35.5. The Hall–Kier alpha value is -4.22. The first-order valence-corrected chi connectivity index (χ1v) is 11.8. The molecule has 0 saturated carbocycles. The van der Waals surface area contributed by atoms with Crippen molar-refractivity contribution in [2.24, 2.45) is 0 Å². The largest absolute Gasteiger partial charge is 0.497 e. The fourth-order valence-electron chi connectivity index (χ4n) is 3.67. The van der Waals surface area contributed by atoms with Crippen molar-refractivity contribution in [1.29, 1.82) is 0 Å². The van der Waals surface area contributed by atoms with Crippen molar-refractivity contribution in [2.75, 3.05) is 29.8 Å². The van der Waals surface area contributed by atoms with E-state index in [-0.39, 0.29) is 33.4 Å². The Labute approximate surface area is 229 Å². The molecule has 3 aromatic carbocycles. The number of amides is 3. The first-order chi connectivity index (χ1) is 18.4. The third-order valence-corrected chi connectivity index (χ3v) is 6.28. The van der Waals surface area contributed by atoms with E-state index in [0.717, 1.165) is 17.0 Å². The van der Waals surface area contributed by atoms with E-state index < -0.39 is 34.5 Å². The maximum absolute atomic E-state index is 13.1. The maximum atomic E-state index is 13.1. The molecule has 0 unspecified atom stereocenters. The van der Waals surface area contributed by atoms with E-state index >= 15 is 0 Å². The van der Waals surface area contributed by atoms with Crippen LogP contribution in [0, 0.1) is 0 Å². The number of nitrogens with one attached hydrogen (secondary N) is 2. The summed E-state index contributed by atoms with van der Waals surface area (Å²) in [6.45, 7) is 0. The summed E-state index contributed by atoms with van der Waals surface area (Å²) in [6, 6.07) is 13.2. The van der Waals surface area contributed by atoms with Crippen LogP contribution < -0.4 is 25.0 Å². The molecule has 0 bridgehead atoms. The molecule has 0 saturated heterocycles. The van der Waals surface area contributed by atoms with Crippen molar-refractivity contribution in [3.8, 4) is 11.5 Å². The highest BCUT2D eigenvalue weighted by Crippen LogP contribution is 2.38. The summed E-state index contributed by atoms with van der Waals surface area (Å²) in [6.07, 6.45) is -4.69. The predicted octanol–water partition coefficient (Wildman–Crippen LogP) is 6.06. The van der Waals surface area contributed by atoms with Gasteiger partial charge in [-0.25, -0.2) is 4.90 Å². The third kappa shape index (κ3) is 5.64. The zero-order valence-corrected chi connectivity index (χ0v) is 21.7. The Kier molecular flexibility index (Phi) is 7.75. The SMILES string of the molecule is COc1ccc(N2C(=O)C(Cl)=C(Nc3ccc(C(=O)Nc4ccc(Cl)c(C(F)(F)F)c4)cc3)C2=O)c(OC)c1. The van der Waals surface area contributed by atoms with Crippen LogP contribution in [0.3, 0.4) is 0 Å². The average molecular weight is 580 g/mol. The molecule has 3 aromatic rings. The zero-order chi connectivity index (χ0) is 28.5. The molecule has 4 rings (SSSR count). The van der Waals surface area contributed by atoms with Crippen LogP contribution in [-0.4, -0.2) is 31.9 Å². The molecule has 0 aliphatic carbocycles. The molecule has 0 spiro atoms. The first kappa shape index (κ1) is 27.8. The Morgan fingerprint density at radius 2 is 1.54 bits per heavy atom. The van der Waals surface area contributed by atoms with Gasteiger partial charge < -0.3 is 20.1 Å². The first-order valence-electron chi connectivity index (χ1n) is 11.0. The highest BCUT2D eigenvalue weighted by Gasteiger charge is 2.40. The summed E-state index contributed by atoms with van der Waals surface area (Å²) < 4.78 is 49.7. The van der Waals surface area contributed by atoms with Gasteiger partial charge in [0.05, 0.1) is 30.5 Å². The van der Waals surface area contributed by atoms with Gasteiger partial charge in [0.1, 0.15) is 22.2 Å². The molecule has 0 aromatic heterocycles. The number of anilines is 3. The smallest absolute Gasteiger partial charge is 0.417 e. The molecule has 39 heavy (non-hydrogen) atoms. The van der Waals surface area contributed by atoms with Crippen molar-refractivity contribution in [2.45, 2.75) is 6.18 Å². The van der Waals surface area contributed by atoms with Gasteiger partial charge in [-0.15, -0.1) is 0 Å². The number of hydrogen-bond acceptors (Lipinski definition) is 6. The van der Waals surface area contributed by atoms with E-state index in [9.17, 15) is 27.6 Å². The lowest BCUT2D eigenvalue weighted by Gasteiger charge is -2.18. The van der Waals surface area contributed by atoms with Crippen LogP contribution in [0.15, 0.2) is 71.4 Å². The fourth-order valence-corrected chi connectivity index (χ4v) is 4.11. The number of nitrogens with zero attached hydrogens (tertiary/aromatic N) is 1. The van der Waals surface area contributed by atoms with Crippen molar-refractivity contribution < 1.29 is 37.0 Å². The molecule has 0 fully saturated rings. The van der Waals surface area contributed by atoms with E-state index in [1.807, 2.05) is 0 Å². The number of imide groups is 1. The molecular formula is C26H18Cl2F3N3O5. The van der Waals surface area contributed by atoms with Crippen LogP contribution in [0.1, 0.15) is 15.9 Å². The number of carbonyl (C=O) groups is 3. The number of halogens is 5. The van der Waals surface area contributed by atoms with Crippen LogP contribution in [0.2, 0.25) is 5.02 Å². The van der Waals surface area contributed by atoms with Crippen LogP contribution in [0.5, 0.6) is 11.5 Å². The maximum Gasteiger partial charge on any atom is 0.417 e. The molecule has 13 heteroatoms. The summed E-state index contributed by atoms with van der Waals surface area (Å²) in [4.78, 5) is 39.4. The van der Waals surface area contributed by atoms with Gasteiger partial charge in [-0.2, -0.15) is 13.2 Å². The number of methoxy groups -OCH3 is 2. The fraction of sp³-hybridized carbons (Fsp3) is 0.115. The molecule has 1 aliphatic heterocycles. The van der Waals surface area contributed by atoms with Gasteiger partial charge in [-0.1, -0.05) is 23.2 Å². The Morgan fingerprint density at radius 1 is 0.872 bits per heavy atom. The Balaban J connectivity index is 1.50. The minimum atomic E-state index is -4.69. The molecule has 3 amide bonds. The van der Waals surface area contributed by atoms with Crippen molar-refractivity contribution in [3.63, 3.8) is 0 Å². The predicted molar refractivity (Wildman–Crippen MR) is 139 cm³/mol. The van der Waals surface area contributed by atoms with E-state index in [1.54, 1.807) is 6.07 Å². The van der Waals surface area contributed by atoms with Crippen LogP contribution >= 0.6 is 23.2 Å². The van der Waals surface area contributed by atoms with Gasteiger partial charge in [-0.3, -0.25) is 14.4 Å². The molecule has 1 heterocycles. The number of carbonyl (C=O) groups excluding carboxylic acids is 3. The second-order valence-corrected chi connectivity index (χ2v) is 8.81. The van der Waals surface area contributed by atoms with E-state index in [1.165, 1.54) is 56.7 Å². The van der Waals surface area contributed by atoms with E-state index in [0.29, 0.717) is 11.4 Å². The minimum absolute atomic E-state index is 0.0972. The van der Waals surface area contributed by atoms with Crippen LogP contribution in [0.4, 0.5) is 30.2 Å². The summed E-state index contributed by atoms with van der Waals surface area (Å²) in [7, 11) is 2.83. The normalized spacial score (nSPS) is 13.6. The number of ether oxygens (including phenoxy) is 2. The molecule has 0 atom stereocenters. The number of benzene rings is 3. The molecule has 8 nitrogen and oxygen atoms in total. The standard InChI is InChI=1S/C26H18Cl2F3N3O5/c1-38-16-8-10-19(20(12-16)39-2)34-24(36)21(28)22(25(34)37)32-14-5-3-13(4-6-14)23(35)33-15-7-9-18(27)17(11-15)26(29,30)31/h3-12,32H,1-2H3,(H,33,35). The quantitative estimate of drug-likeness (QED) is 0.330. The van der Waals surface area contributed by atoms with Crippen LogP contribution in [0.25, 0.3) is 0 Å². The van der Waals surface area contributed by atoms with Gasteiger partial charge in [0.25, 0.3) is 17.7 Å². The van der Waals surface area contributed by atoms with Gasteiger partial charge in [0, 0.05) is 23.0 Å². The number of alkyl halides is 3. The molecule has 2 N–H and O–H groups in total.